The quantitative estimate of drug-likeness (QED) is 0.589. The highest BCUT2D eigenvalue weighted by molar-refractivity contribution is 7.98. The Hall–Kier alpha value is -2.25. The summed E-state index contributed by atoms with van der Waals surface area (Å²) in [5.74, 6) is 0.763. The number of hydrogen-bond donors (Lipinski definition) is 0. The van der Waals surface area contributed by atoms with E-state index in [1.165, 1.54) is 9.60 Å². The van der Waals surface area contributed by atoms with Gasteiger partial charge >= 0.3 is 0 Å². The van der Waals surface area contributed by atoms with E-state index in [1.54, 1.807) is 23.1 Å². The van der Waals surface area contributed by atoms with Gasteiger partial charge in [0.25, 0.3) is 5.91 Å². The van der Waals surface area contributed by atoms with E-state index in [-0.39, 0.29) is 5.91 Å². The fraction of sp³-hybridized carbons (Fsp3) is 0.333. The molecular formula is C21H23N3O2S2. The van der Waals surface area contributed by atoms with Gasteiger partial charge in [0.1, 0.15) is 5.75 Å². The van der Waals surface area contributed by atoms with Gasteiger partial charge in [-0.1, -0.05) is 35.6 Å². The van der Waals surface area contributed by atoms with Gasteiger partial charge in [0.15, 0.2) is 11.2 Å². The number of amides is 1. The Balaban J connectivity index is 1.38. The standard InChI is InChI=1S/C21H23N3O2S2/c1-15(26-16-7-4-3-5-8-16)20(25)23-11-13-24(14-12-23)21-22-19-17(27-2)9-6-10-18(19)28-21/h3-10,15H,11-14H2,1-2H3/t15-/m0/s1. The van der Waals surface area contributed by atoms with Crippen molar-refractivity contribution in [3.63, 3.8) is 0 Å². The number of rotatable bonds is 5. The largest absolute Gasteiger partial charge is 0.481 e. The molecule has 0 bridgehead atoms. The molecule has 2 heterocycles. The lowest BCUT2D eigenvalue weighted by Gasteiger charge is -2.35. The van der Waals surface area contributed by atoms with Gasteiger partial charge in [0.05, 0.1) is 10.2 Å². The van der Waals surface area contributed by atoms with Crippen LogP contribution in [0, 0.1) is 0 Å². The smallest absolute Gasteiger partial charge is 0.263 e. The molecule has 1 amide bonds. The topological polar surface area (TPSA) is 45.7 Å². The number of aromatic nitrogens is 1. The van der Waals surface area contributed by atoms with Crippen LogP contribution in [0.2, 0.25) is 0 Å². The van der Waals surface area contributed by atoms with Crippen molar-refractivity contribution in [2.75, 3.05) is 37.3 Å². The number of fused-ring (bicyclic) bond motifs is 1. The molecule has 4 rings (SSSR count). The van der Waals surface area contributed by atoms with Crippen molar-refractivity contribution in [2.24, 2.45) is 0 Å². The lowest BCUT2D eigenvalue weighted by atomic mass is 10.2. The van der Waals surface area contributed by atoms with Gasteiger partial charge in [-0.3, -0.25) is 4.79 Å². The molecule has 0 radical (unpaired) electrons. The molecule has 1 saturated heterocycles. The Morgan fingerprint density at radius 3 is 2.57 bits per heavy atom. The van der Waals surface area contributed by atoms with E-state index in [2.05, 4.69) is 29.4 Å². The summed E-state index contributed by atoms with van der Waals surface area (Å²) in [6, 6.07) is 15.8. The molecule has 146 valence electrons. The summed E-state index contributed by atoms with van der Waals surface area (Å²) in [4.78, 5) is 23.0. The highest BCUT2D eigenvalue weighted by Gasteiger charge is 2.27. The van der Waals surface area contributed by atoms with E-state index in [9.17, 15) is 4.79 Å². The highest BCUT2D eigenvalue weighted by atomic mass is 32.2. The fourth-order valence-corrected chi connectivity index (χ4v) is 5.01. The zero-order valence-electron chi connectivity index (χ0n) is 16.0. The second-order valence-corrected chi connectivity index (χ2v) is 8.55. The fourth-order valence-electron chi connectivity index (χ4n) is 3.34. The molecule has 1 aromatic heterocycles. The highest BCUT2D eigenvalue weighted by Crippen LogP contribution is 2.34. The Bertz CT molecular complexity index is 953. The summed E-state index contributed by atoms with van der Waals surface area (Å²) in [6.07, 6.45) is 1.59. The van der Waals surface area contributed by atoms with E-state index < -0.39 is 6.10 Å². The summed E-state index contributed by atoms with van der Waals surface area (Å²) in [7, 11) is 0. The summed E-state index contributed by atoms with van der Waals surface area (Å²) < 4.78 is 7.00. The zero-order valence-corrected chi connectivity index (χ0v) is 17.6. The molecule has 7 heteroatoms. The predicted octanol–water partition coefficient (Wildman–Crippen LogP) is 4.13. The molecule has 1 fully saturated rings. The molecule has 5 nitrogen and oxygen atoms in total. The molecule has 0 saturated carbocycles. The second kappa shape index (κ2) is 8.41. The van der Waals surface area contributed by atoms with Crippen LogP contribution in [0.15, 0.2) is 53.4 Å². The maximum absolute atomic E-state index is 12.7. The van der Waals surface area contributed by atoms with E-state index in [1.807, 2.05) is 42.2 Å². The molecule has 1 aliphatic heterocycles. The molecule has 0 N–H and O–H groups in total. The lowest BCUT2D eigenvalue weighted by Crippen LogP contribution is -2.52. The molecule has 1 aliphatic rings. The van der Waals surface area contributed by atoms with E-state index in [4.69, 9.17) is 9.72 Å². The van der Waals surface area contributed by atoms with Crippen LogP contribution in [0.4, 0.5) is 5.13 Å². The molecule has 0 spiro atoms. The molecule has 0 aliphatic carbocycles. The van der Waals surface area contributed by atoms with Crippen LogP contribution in [0.5, 0.6) is 5.75 Å². The number of ether oxygens (including phenoxy) is 1. The number of piperazine rings is 1. The average Bonchev–Trinajstić information content (AvgIpc) is 3.18. The van der Waals surface area contributed by atoms with Crippen LogP contribution < -0.4 is 9.64 Å². The van der Waals surface area contributed by atoms with E-state index >= 15 is 0 Å². The predicted molar refractivity (Wildman–Crippen MR) is 117 cm³/mol. The minimum Gasteiger partial charge on any atom is -0.481 e. The summed E-state index contributed by atoms with van der Waals surface area (Å²) >= 11 is 3.45. The number of nitrogens with zero attached hydrogens (tertiary/aromatic N) is 3. The van der Waals surface area contributed by atoms with Crippen molar-refractivity contribution in [3.8, 4) is 5.75 Å². The van der Waals surface area contributed by atoms with Gasteiger partial charge in [-0.05, 0) is 37.4 Å². The maximum atomic E-state index is 12.7. The van der Waals surface area contributed by atoms with Crippen molar-refractivity contribution >= 4 is 44.4 Å². The number of thioether (sulfide) groups is 1. The van der Waals surface area contributed by atoms with Gasteiger partial charge in [-0.25, -0.2) is 4.98 Å². The molecule has 0 unspecified atom stereocenters. The van der Waals surface area contributed by atoms with Crippen molar-refractivity contribution in [2.45, 2.75) is 17.9 Å². The first-order valence-corrected chi connectivity index (χ1v) is 11.4. The van der Waals surface area contributed by atoms with Gasteiger partial charge in [0.2, 0.25) is 0 Å². The SMILES string of the molecule is CSc1cccc2sc(N3CCN(C(=O)[C@H](C)Oc4ccccc4)CC3)nc12. The first kappa shape index (κ1) is 19.1. The minimum atomic E-state index is -0.486. The molecular weight excluding hydrogens is 390 g/mol. The van der Waals surface area contributed by atoms with E-state index in [0.717, 1.165) is 29.5 Å². The minimum absolute atomic E-state index is 0.0393. The molecule has 2 aromatic carbocycles. The summed E-state index contributed by atoms with van der Waals surface area (Å²) in [5.41, 5.74) is 1.08. The normalized spacial score (nSPS) is 15.6. The molecule has 28 heavy (non-hydrogen) atoms. The van der Waals surface area contributed by atoms with Gasteiger partial charge < -0.3 is 14.5 Å². The maximum Gasteiger partial charge on any atom is 0.263 e. The number of anilines is 1. The molecule has 3 aromatic rings. The van der Waals surface area contributed by atoms with Crippen LogP contribution in [0.25, 0.3) is 10.2 Å². The van der Waals surface area contributed by atoms with Crippen LogP contribution in [0.1, 0.15) is 6.92 Å². The number of carbonyl (C=O) groups is 1. The third-order valence-corrected chi connectivity index (χ3v) is 6.71. The van der Waals surface area contributed by atoms with Crippen LogP contribution in [0.3, 0.4) is 0 Å². The van der Waals surface area contributed by atoms with Crippen molar-refractivity contribution in [3.05, 3.63) is 48.5 Å². The third-order valence-electron chi connectivity index (χ3n) is 4.86. The Morgan fingerprint density at radius 2 is 1.86 bits per heavy atom. The summed E-state index contributed by atoms with van der Waals surface area (Å²) in [5, 5.41) is 1.04. The van der Waals surface area contributed by atoms with E-state index in [0.29, 0.717) is 13.1 Å². The first-order valence-electron chi connectivity index (χ1n) is 9.34. The van der Waals surface area contributed by atoms with Gasteiger partial charge in [0, 0.05) is 31.1 Å². The number of thiazole rings is 1. The second-order valence-electron chi connectivity index (χ2n) is 6.69. The van der Waals surface area contributed by atoms with Gasteiger partial charge in [-0.15, -0.1) is 11.8 Å². The monoisotopic (exact) mass is 413 g/mol. The Morgan fingerprint density at radius 1 is 1.11 bits per heavy atom. The number of para-hydroxylation sites is 2. The van der Waals surface area contributed by atoms with Crippen molar-refractivity contribution in [1.82, 2.24) is 9.88 Å². The van der Waals surface area contributed by atoms with Crippen molar-refractivity contribution in [1.29, 1.82) is 0 Å². The van der Waals surface area contributed by atoms with Crippen molar-refractivity contribution < 1.29 is 9.53 Å². The van der Waals surface area contributed by atoms with Gasteiger partial charge in [-0.2, -0.15) is 0 Å². The lowest BCUT2D eigenvalue weighted by molar-refractivity contribution is -0.138. The Kier molecular flexibility index (Phi) is 5.73. The number of carbonyl (C=O) groups excluding carboxylic acids is 1. The summed E-state index contributed by atoms with van der Waals surface area (Å²) in [6.45, 7) is 4.77. The zero-order chi connectivity index (χ0) is 19.5. The van der Waals surface area contributed by atoms with Crippen LogP contribution in [-0.4, -0.2) is 54.3 Å². The van der Waals surface area contributed by atoms with Crippen LogP contribution in [-0.2, 0) is 4.79 Å². The number of hydrogen-bond acceptors (Lipinski definition) is 6. The Labute approximate surface area is 173 Å². The third kappa shape index (κ3) is 3.95. The first-order chi connectivity index (χ1) is 13.7. The van der Waals surface area contributed by atoms with Crippen LogP contribution >= 0.6 is 23.1 Å². The average molecular weight is 414 g/mol. The number of benzene rings is 2. The molecule has 1 atom stereocenters.